The number of piperidine rings is 1. The van der Waals surface area contributed by atoms with Crippen molar-refractivity contribution >= 4 is 11.6 Å². The number of carbonyl (C=O) groups is 1. The lowest BCUT2D eigenvalue weighted by molar-refractivity contribution is -0.116. The zero-order valence-corrected chi connectivity index (χ0v) is 12.5. The molecule has 1 amide bonds. The summed E-state index contributed by atoms with van der Waals surface area (Å²) in [6.45, 7) is 0.845. The third-order valence-electron chi connectivity index (χ3n) is 4.72. The highest BCUT2D eigenvalue weighted by Crippen LogP contribution is 2.36. The van der Waals surface area contributed by atoms with Crippen LogP contribution < -0.4 is 5.32 Å². The monoisotopic (exact) mass is 289 g/mol. The van der Waals surface area contributed by atoms with Crippen LogP contribution in [0.3, 0.4) is 0 Å². The second-order valence-electron chi connectivity index (χ2n) is 5.99. The lowest BCUT2D eigenvalue weighted by Gasteiger charge is -2.38. The minimum Gasteiger partial charge on any atom is -0.381 e. The van der Waals surface area contributed by atoms with Gasteiger partial charge in [-0.25, -0.2) is 0 Å². The van der Waals surface area contributed by atoms with Gasteiger partial charge in [-0.15, -0.1) is 0 Å². The van der Waals surface area contributed by atoms with Gasteiger partial charge in [-0.3, -0.25) is 14.7 Å². The van der Waals surface area contributed by atoms with Crippen molar-refractivity contribution in [3.8, 4) is 0 Å². The highest BCUT2D eigenvalue weighted by atomic mass is 16.5. The van der Waals surface area contributed by atoms with Crippen LogP contribution in [0.25, 0.3) is 0 Å². The van der Waals surface area contributed by atoms with Gasteiger partial charge in [-0.05, 0) is 37.8 Å². The van der Waals surface area contributed by atoms with E-state index in [2.05, 4.69) is 15.2 Å². The van der Waals surface area contributed by atoms with Gasteiger partial charge in [0.15, 0.2) is 0 Å². The smallest absolute Gasteiger partial charge is 0.225 e. The van der Waals surface area contributed by atoms with Crippen molar-refractivity contribution in [3.63, 3.8) is 0 Å². The van der Waals surface area contributed by atoms with Crippen LogP contribution in [0.5, 0.6) is 0 Å². The molecule has 5 nitrogen and oxygen atoms in total. The molecule has 0 radical (unpaired) electrons. The Labute approximate surface area is 125 Å². The van der Waals surface area contributed by atoms with Crippen LogP contribution in [0.2, 0.25) is 0 Å². The highest BCUT2D eigenvalue weighted by Gasteiger charge is 2.40. The Morgan fingerprint density at radius 3 is 2.81 bits per heavy atom. The van der Waals surface area contributed by atoms with Gasteiger partial charge in [-0.2, -0.15) is 0 Å². The van der Waals surface area contributed by atoms with Crippen molar-refractivity contribution < 1.29 is 9.53 Å². The van der Waals surface area contributed by atoms with Crippen molar-refractivity contribution in [1.82, 2.24) is 9.88 Å². The largest absolute Gasteiger partial charge is 0.381 e. The van der Waals surface area contributed by atoms with Gasteiger partial charge in [0.25, 0.3) is 0 Å². The first-order chi connectivity index (χ1) is 10.3. The number of aromatic nitrogens is 1. The van der Waals surface area contributed by atoms with Gasteiger partial charge >= 0.3 is 0 Å². The van der Waals surface area contributed by atoms with Gasteiger partial charge in [-0.1, -0.05) is 0 Å². The van der Waals surface area contributed by atoms with E-state index in [-0.39, 0.29) is 5.91 Å². The molecule has 0 spiro atoms. The van der Waals surface area contributed by atoms with Gasteiger partial charge in [0.2, 0.25) is 5.91 Å². The van der Waals surface area contributed by atoms with Crippen molar-refractivity contribution in [1.29, 1.82) is 0 Å². The van der Waals surface area contributed by atoms with E-state index in [4.69, 9.17) is 4.74 Å². The second kappa shape index (κ2) is 6.54. The van der Waals surface area contributed by atoms with Gasteiger partial charge in [0.05, 0.1) is 18.0 Å². The number of ether oxygens (including phenoxy) is 1. The summed E-state index contributed by atoms with van der Waals surface area (Å²) < 4.78 is 5.51. The quantitative estimate of drug-likeness (QED) is 0.901. The molecule has 0 aliphatic carbocycles. The van der Waals surface area contributed by atoms with E-state index >= 15 is 0 Å². The molecule has 1 aromatic rings. The van der Waals surface area contributed by atoms with Crippen LogP contribution in [0, 0.1) is 0 Å². The van der Waals surface area contributed by atoms with Gasteiger partial charge in [0.1, 0.15) is 0 Å². The highest BCUT2D eigenvalue weighted by molar-refractivity contribution is 5.90. The van der Waals surface area contributed by atoms with Crippen molar-refractivity contribution in [2.45, 2.75) is 50.3 Å². The maximum absolute atomic E-state index is 12.0. The molecule has 2 aliphatic heterocycles. The van der Waals surface area contributed by atoms with Crippen LogP contribution in [-0.2, 0) is 9.53 Å². The Kier molecular flexibility index (Phi) is 4.51. The standard InChI is InChI=1S/C16H23N3O2/c1-21-15-9-13-4-5-14(10-15)19(13)8-6-16(20)18-12-3-2-7-17-11-12/h2-3,7,11,13-15H,4-6,8-10H2,1H3,(H,18,20)/t13-,14+,15?. The van der Waals surface area contributed by atoms with Crippen LogP contribution in [0.4, 0.5) is 5.69 Å². The van der Waals surface area contributed by atoms with E-state index < -0.39 is 0 Å². The summed E-state index contributed by atoms with van der Waals surface area (Å²) in [4.78, 5) is 18.5. The summed E-state index contributed by atoms with van der Waals surface area (Å²) in [5, 5.41) is 2.90. The zero-order valence-electron chi connectivity index (χ0n) is 12.5. The number of hydrogen-bond acceptors (Lipinski definition) is 4. The topological polar surface area (TPSA) is 54.5 Å². The Balaban J connectivity index is 1.48. The molecule has 3 heterocycles. The molecule has 1 aromatic heterocycles. The summed E-state index contributed by atoms with van der Waals surface area (Å²) in [5.41, 5.74) is 0.767. The van der Waals surface area contributed by atoms with Crippen LogP contribution in [-0.4, -0.2) is 47.6 Å². The van der Waals surface area contributed by atoms with Crippen molar-refractivity contribution in [3.05, 3.63) is 24.5 Å². The lowest BCUT2D eigenvalue weighted by Crippen LogP contribution is -2.46. The number of amides is 1. The Hall–Kier alpha value is -1.46. The number of nitrogens with one attached hydrogen (secondary N) is 1. The van der Waals surface area contributed by atoms with E-state index in [9.17, 15) is 4.79 Å². The van der Waals surface area contributed by atoms with Crippen molar-refractivity contribution in [2.24, 2.45) is 0 Å². The molecule has 3 atom stereocenters. The molecule has 21 heavy (non-hydrogen) atoms. The fourth-order valence-corrected chi connectivity index (χ4v) is 3.67. The molecule has 0 saturated carbocycles. The summed E-state index contributed by atoms with van der Waals surface area (Å²) in [7, 11) is 1.81. The first-order valence-electron chi connectivity index (χ1n) is 7.74. The number of nitrogens with zero attached hydrogens (tertiary/aromatic N) is 2. The molecule has 2 saturated heterocycles. The molecular weight excluding hydrogens is 266 g/mol. The number of anilines is 1. The molecule has 2 aliphatic rings. The fourth-order valence-electron chi connectivity index (χ4n) is 3.67. The predicted octanol–water partition coefficient (Wildman–Crippen LogP) is 2.05. The first-order valence-corrected chi connectivity index (χ1v) is 7.74. The Morgan fingerprint density at radius 1 is 1.43 bits per heavy atom. The number of methoxy groups -OCH3 is 1. The minimum atomic E-state index is 0.0660. The third-order valence-corrected chi connectivity index (χ3v) is 4.72. The molecule has 5 heteroatoms. The van der Waals surface area contributed by atoms with E-state index in [1.54, 1.807) is 19.5 Å². The van der Waals surface area contributed by atoms with Gasteiger partial charge in [0, 0.05) is 38.4 Å². The van der Waals surface area contributed by atoms with Gasteiger partial charge < -0.3 is 10.1 Å². The summed E-state index contributed by atoms with van der Waals surface area (Å²) in [6, 6.07) is 4.88. The summed E-state index contributed by atoms with van der Waals surface area (Å²) in [5.74, 6) is 0.0660. The first kappa shape index (κ1) is 14.5. The SMILES string of the molecule is COC1C[C@H]2CC[C@@H](C1)N2CCC(=O)Nc1cccnc1. The fraction of sp³-hybridized carbons (Fsp3) is 0.625. The number of fused-ring (bicyclic) bond motifs is 2. The van der Waals surface area contributed by atoms with Crippen LogP contribution in [0.1, 0.15) is 32.1 Å². The summed E-state index contributed by atoms with van der Waals surface area (Å²) in [6.07, 6.45) is 9.03. The van der Waals surface area contributed by atoms with E-state index in [0.717, 1.165) is 25.1 Å². The normalized spacial score (nSPS) is 28.5. The van der Waals surface area contributed by atoms with Crippen LogP contribution in [0.15, 0.2) is 24.5 Å². The van der Waals surface area contributed by atoms with E-state index in [1.807, 2.05) is 12.1 Å². The summed E-state index contributed by atoms with van der Waals surface area (Å²) >= 11 is 0. The number of pyridine rings is 1. The maximum Gasteiger partial charge on any atom is 0.225 e. The molecule has 0 aromatic carbocycles. The zero-order chi connectivity index (χ0) is 14.7. The third kappa shape index (κ3) is 3.41. The maximum atomic E-state index is 12.0. The molecule has 1 N–H and O–H groups in total. The lowest BCUT2D eigenvalue weighted by atomic mass is 9.99. The predicted molar refractivity (Wildman–Crippen MR) is 81.0 cm³/mol. The van der Waals surface area contributed by atoms with Crippen molar-refractivity contribution in [2.75, 3.05) is 19.0 Å². The number of hydrogen-bond donors (Lipinski definition) is 1. The molecule has 1 unspecified atom stereocenters. The average Bonchev–Trinajstić information content (AvgIpc) is 2.74. The van der Waals surface area contributed by atoms with Crippen LogP contribution >= 0.6 is 0 Å². The Morgan fingerprint density at radius 2 is 2.19 bits per heavy atom. The number of carbonyl (C=O) groups excluding carboxylic acids is 1. The average molecular weight is 289 g/mol. The molecule has 2 bridgehead atoms. The number of rotatable bonds is 5. The Bertz CT molecular complexity index is 466. The molecular formula is C16H23N3O2. The minimum absolute atomic E-state index is 0.0660. The second-order valence-corrected chi connectivity index (χ2v) is 5.99. The molecule has 2 fully saturated rings. The van der Waals surface area contributed by atoms with E-state index in [0.29, 0.717) is 24.6 Å². The van der Waals surface area contributed by atoms with E-state index in [1.165, 1.54) is 12.8 Å². The molecule has 3 rings (SSSR count). The molecule has 114 valence electrons.